The topological polar surface area (TPSA) is 27.7 Å². The van der Waals surface area contributed by atoms with E-state index in [-0.39, 0.29) is 0 Å². The van der Waals surface area contributed by atoms with Crippen LogP contribution in [0.3, 0.4) is 0 Å². The molecule has 0 saturated heterocycles. The average molecular weight is 730 g/mol. The zero-order valence-electron chi connectivity index (χ0n) is 23.4. The van der Waals surface area contributed by atoms with Gasteiger partial charge in [-0.15, -0.1) is 0 Å². The van der Waals surface area contributed by atoms with Gasteiger partial charge in [-0.2, -0.15) is 0 Å². The van der Waals surface area contributed by atoms with Crippen LogP contribution in [0.2, 0.25) is 0 Å². The molecular weight excluding hydrogens is 723 g/mol. The predicted molar refractivity (Wildman–Crippen MR) is 137 cm³/mol. The van der Waals surface area contributed by atoms with E-state index in [9.17, 15) is 57.1 Å². The van der Waals surface area contributed by atoms with Crippen molar-refractivity contribution in [2.24, 2.45) is 0 Å². The van der Waals surface area contributed by atoms with Gasteiger partial charge in [-0.1, -0.05) is 12.1 Å². The first-order chi connectivity index (χ1) is 23.5. The van der Waals surface area contributed by atoms with E-state index in [0.29, 0.717) is 24.3 Å². The Morgan fingerprint density at radius 3 is 1.36 bits per heavy atom. The Bertz CT molecular complexity index is 2110. The number of halogens is 16. The lowest BCUT2D eigenvalue weighted by atomic mass is 10.0. The summed E-state index contributed by atoms with van der Waals surface area (Å²) in [5, 5.41) is 0. The summed E-state index contributed by atoms with van der Waals surface area (Å²) in [5.41, 5.74) is -10.0. The van der Waals surface area contributed by atoms with Gasteiger partial charge in [0, 0.05) is 16.7 Å². The molecule has 0 bridgehead atoms. The van der Waals surface area contributed by atoms with E-state index >= 15 is 13.2 Å². The van der Waals surface area contributed by atoms with Crippen molar-refractivity contribution in [1.29, 1.82) is 0 Å². The number of hydrogen-bond donors (Lipinski definition) is 0. The SMILES string of the molecule is FC1=C(F)C(OB(Oc2ccc(F)c(-c3cccc(F)c3F)c2F)OC2C(F)=C(F)c3c(F)c(F)c(F)c(F)c32)c2c(F)c(F)c(F)c(F)c21. The van der Waals surface area contributed by atoms with E-state index < -0.39 is 152 Å². The van der Waals surface area contributed by atoms with Crippen LogP contribution in [0.4, 0.5) is 70.2 Å². The third-order valence-corrected chi connectivity index (χ3v) is 7.44. The largest absolute Gasteiger partial charge is 0.714 e. The van der Waals surface area contributed by atoms with Crippen LogP contribution < -0.4 is 4.65 Å². The molecule has 0 saturated carbocycles. The molecule has 0 aromatic heterocycles. The number of benzene rings is 4. The van der Waals surface area contributed by atoms with Crippen molar-refractivity contribution >= 4 is 19.0 Å². The van der Waals surface area contributed by atoms with Gasteiger partial charge in [0.2, 0.25) is 0 Å². The van der Waals surface area contributed by atoms with E-state index in [0.717, 1.165) is 6.07 Å². The van der Waals surface area contributed by atoms with Crippen molar-refractivity contribution in [1.82, 2.24) is 0 Å². The fourth-order valence-corrected chi connectivity index (χ4v) is 5.18. The molecule has 2 atom stereocenters. The molecule has 0 amide bonds. The second kappa shape index (κ2) is 12.4. The quantitative estimate of drug-likeness (QED) is 0.0821. The Kier molecular flexibility index (Phi) is 8.66. The highest BCUT2D eigenvalue weighted by Gasteiger charge is 2.49. The molecule has 0 radical (unpaired) electrons. The molecule has 20 heteroatoms. The summed E-state index contributed by atoms with van der Waals surface area (Å²) in [4.78, 5) is 0. The van der Waals surface area contributed by atoms with Crippen LogP contribution in [-0.4, -0.2) is 7.32 Å². The third kappa shape index (κ3) is 5.10. The molecule has 50 heavy (non-hydrogen) atoms. The molecule has 0 fully saturated rings. The highest BCUT2D eigenvalue weighted by molar-refractivity contribution is 6.37. The summed E-state index contributed by atoms with van der Waals surface area (Å²) < 4.78 is 247. The highest BCUT2D eigenvalue weighted by Crippen LogP contribution is 2.51. The Balaban J connectivity index is 1.50. The minimum absolute atomic E-state index is 0.292. The summed E-state index contributed by atoms with van der Waals surface area (Å²) in [6.45, 7) is 0. The average Bonchev–Trinajstić information content (AvgIpc) is 3.48. The minimum Gasteiger partial charge on any atom is -0.509 e. The summed E-state index contributed by atoms with van der Waals surface area (Å²) >= 11 is 0. The molecule has 2 unspecified atom stereocenters. The van der Waals surface area contributed by atoms with E-state index in [1.54, 1.807) is 0 Å². The van der Waals surface area contributed by atoms with Gasteiger partial charge in [-0.05, 0) is 18.2 Å². The van der Waals surface area contributed by atoms with E-state index in [2.05, 4.69) is 0 Å². The minimum atomic E-state index is -3.32. The van der Waals surface area contributed by atoms with Gasteiger partial charge in [0.05, 0.1) is 16.7 Å². The number of rotatable bonds is 7. The zero-order valence-corrected chi connectivity index (χ0v) is 23.4. The Morgan fingerprint density at radius 2 is 0.880 bits per heavy atom. The van der Waals surface area contributed by atoms with E-state index in [4.69, 9.17) is 14.0 Å². The summed E-state index contributed by atoms with van der Waals surface area (Å²) in [5.74, 6) is -39.0. The molecule has 260 valence electrons. The molecule has 2 aliphatic rings. The summed E-state index contributed by atoms with van der Waals surface area (Å²) in [6, 6.07) is 2.58. The van der Waals surface area contributed by atoms with Crippen molar-refractivity contribution in [3.63, 3.8) is 0 Å². The van der Waals surface area contributed by atoms with Gasteiger partial charge in [-0.3, -0.25) is 0 Å². The predicted octanol–water partition coefficient (Wildman–Crippen LogP) is 10.1. The molecule has 0 aliphatic heterocycles. The van der Waals surface area contributed by atoms with Crippen molar-refractivity contribution in [3.8, 4) is 16.9 Å². The normalized spacial score (nSPS) is 16.8. The molecule has 0 N–H and O–H groups in total. The zero-order chi connectivity index (χ0) is 36.7. The molecule has 2 aliphatic carbocycles. The Hall–Kier alpha value is -4.98. The fraction of sp³-hybridized carbons (Fsp3) is 0.0667. The van der Waals surface area contributed by atoms with Gasteiger partial charge in [0.1, 0.15) is 23.8 Å². The Morgan fingerprint density at radius 1 is 0.420 bits per heavy atom. The molecule has 0 heterocycles. The molecule has 0 spiro atoms. The van der Waals surface area contributed by atoms with Gasteiger partial charge < -0.3 is 14.0 Å². The molecule has 4 aromatic carbocycles. The fourth-order valence-electron chi connectivity index (χ4n) is 5.18. The maximum Gasteiger partial charge on any atom is 0.714 e. The van der Waals surface area contributed by atoms with Crippen LogP contribution in [0.5, 0.6) is 5.75 Å². The lowest BCUT2D eigenvalue weighted by Gasteiger charge is -2.24. The van der Waals surface area contributed by atoms with Crippen molar-refractivity contribution < 1.29 is 84.2 Å². The molecular formula is C30H7BF16O3. The molecule has 3 nitrogen and oxygen atoms in total. The summed E-state index contributed by atoms with van der Waals surface area (Å²) in [7, 11) is -3.32. The van der Waals surface area contributed by atoms with Crippen LogP contribution in [0.15, 0.2) is 42.0 Å². The van der Waals surface area contributed by atoms with E-state index in [1.807, 2.05) is 0 Å². The number of hydrogen-bond acceptors (Lipinski definition) is 3. The van der Waals surface area contributed by atoms with Gasteiger partial charge in [0.15, 0.2) is 87.3 Å². The van der Waals surface area contributed by atoms with Crippen molar-refractivity contribution in [2.75, 3.05) is 0 Å². The molecule has 6 rings (SSSR count). The second-order valence-corrected chi connectivity index (χ2v) is 10.2. The van der Waals surface area contributed by atoms with Crippen LogP contribution in [0.1, 0.15) is 34.5 Å². The first kappa shape index (κ1) is 34.9. The first-order valence-corrected chi connectivity index (χ1v) is 13.2. The molecule has 4 aromatic rings. The van der Waals surface area contributed by atoms with Gasteiger partial charge in [0.25, 0.3) is 0 Å². The van der Waals surface area contributed by atoms with Crippen LogP contribution in [-0.2, 0) is 9.31 Å². The number of fused-ring (bicyclic) bond motifs is 2. The lowest BCUT2D eigenvalue weighted by Crippen LogP contribution is -2.34. The highest BCUT2D eigenvalue weighted by atomic mass is 19.2. The maximum absolute atomic E-state index is 15.6. The van der Waals surface area contributed by atoms with Crippen molar-refractivity contribution in [3.05, 3.63) is 134 Å². The van der Waals surface area contributed by atoms with Crippen molar-refractivity contribution in [2.45, 2.75) is 12.2 Å². The van der Waals surface area contributed by atoms with E-state index in [1.165, 1.54) is 0 Å². The summed E-state index contributed by atoms with van der Waals surface area (Å²) in [6.07, 6.45) is -6.35. The van der Waals surface area contributed by atoms with Crippen LogP contribution >= 0.6 is 0 Å². The smallest absolute Gasteiger partial charge is 0.509 e. The third-order valence-electron chi connectivity index (χ3n) is 7.44. The van der Waals surface area contributed by atoms with Gasteiger partial charge >= 0.3 is 7.32 Å². The monoisotopic (exact) mass is 730 g/mol. The standard InChI is InChI=1S/C30H7BF16O3/c32-7-4-5-9(16(35)10(7)6-2-1-3-8(33)15(6)34)48-31(49-29-13-11(19(38)27(29)46)17(36)23(42)25(44)21(13)40)50-30-14-12(20(39)28(30)47)18(37)24(43)26(45)22(14)41/h1-5,29-30H. The van der Waals surface area contributed by atoms with Crippen LogP contribution in [0, 0.1) is 69.8 Å². The van der Waals surface area contributed by atoms with Gasteiger partial charge in [-0.25, -0.2) is 70.2 Å². The first-order valence-electron chi connectivity index (χ1n) is 13.2. The lowest BCUT2D eigenvalue weighted by molar-refractivity contribution is 0.0662. The Labute approximate surface area is 266 Å². The maximum atomic E-state index is 15.6. The second-order valence-electron chi connectivity index (χ2n) is 10.2. The van der Waals surface area contributed by atoms with Crippen LogP contribution in [0.25, 0.3) is 22.8 Å².